The Morgan fingerprint density at radius 3 is 2.56 bits per heavy atom. The standard InChI is InChI=1S/C21H20F3N5O5/c22-21(23,24)20(32)25-11-13-7-4-8-27(13)16-10-15-14(9-17(16)29(33)34)26-18(30)19(31)28(15)12-5-2-1-3-6-12/h4,7-10,12H,1-3,5-6,11H2,(H,25,32)(H,26,30). The van der Waals surface area contributed by atoms with Crippen LogP contribution in [0, 0.1) is 10.1 Å². The van der Waals surface area contributed by atoms with Gasteiger partial charge in [0.25, 0.3) is 5.69 Å². The van der Waals surface area contributed by atoms with Crippen LogP contribution in [0.25, 0.3) is 16.7 Å². The van der Waals surface area contributed by atoms with E-state index in [4.69, 9.17) is 0 Å². The smallest absolute Gasteiger partial charge is 0.343 e. The van der Waals surface area contributed by atoms with Crippen molar-refractivity contribution in [1.82, 2.24) is 19.4 Å². The van der Waals surface area contributed by atoms with E-state index in [1.54, 1.807) is 5.32 Å². The van der Waals surface area contributed by atoms with E-state index in [0.717, 1.165) is 25.3 Å². The molecule has 0 aliphatic heterocycles. The second-order valence-corrected chi connectivity index (χ2v) is 8.09. The van der Waals surface area contributed by atoms with Gasteiger partial charge in [0, 0.05) is 24.0 Å². The van der Waals surface area contributed by atoms with Crippen molar-refractivity contribution < 1.29 is 22.9 Å². The maximum Gasteiger partial charge on any atom is 0.471 e. The first-order valence-corrected chi connectivity index (χ1v) is 10.6. The molecule has 13 heteroatoms. The molecule has 1 saturated carbocycles. The summed E-state index contributed by atoms with van der Waals surface area (Å²) >= 11 is 0. The maximum absolute atomic E-state index is 12.8. The molecule has 2 N–H and O–H groups in total. The molecule has 0 atom stereocenters. The summed E-state index contributed by atoms with van der Waals surface area (Å²) in [5, 5.41) is 13.6. The van der Waals surface area contributed by atoms with Crippen molar-refractivity contribution in [3.05, 3.63) is 67.0 Å². The summed E-state index contributed by atoms with van der Waals surface area (Å²) in [5.41, 5.74) is -1.59. The van der Waals surface area contributed by atoms with Gasteiger partial charge in [0.2, 0.25) is 0 Å². The van der Waals surface area contributed by atoms with Crippen molar-refractivity contribution in [3.8, 4) is 5.69 Å². The molecular weight excluding hydrogens is 459 g/mol. The highest BCUT2D eigenvalue weighted by atomic mass is 19.4. The third kappa shape index (κ3) is 4.32. The van der Waals surface area contributed by atoms with Crippen LogP contribution in [0.1, 0.15) is 43.8 Å². The third-order valence-corrected chi connectivity index (χ3v) is 5.93. The zero-order chi connectivity index (χ0) is 24.6. The Morgan fingerprint density at radius 1 is 1.21 bits per heavy atom. The highest BCUT2D eigenvalue weighted by Gasteiger charge is 2.38. The number of alkyl halides is 3. The van der Waals surface area contributed by atoms with Gasteiger partial charge in [0.15, 0.2) is 0 Å². The second-order valence-electron chi connectivity index (χ2n) is 8.09. The minimum Gasteiger partial charge on any atom is -0.343 e. The zero-order valence-corrected chi connectivity index (χ0v) is 17.7. The second kappa shape index (κ2) is 8.80. The summed E-state index contributed by atoms with van der Waals surface area (Å²) in [4.78, 5) is 49.8. The zero-order valence-electron chi connectivity index (χ0n) is 17.7. The molecule has 0 unspecified atom stereocenters. The number of amides is 1. The number of H-pyrrole nitrogens is 1. The van der Waals surface area contributed by atoms with E-state index < -0.39 is 40.4 Å². The van der Waals surface area contributed by atoms with Gasteiger partial charge >= 0.3 is 23.2 Å². The monoisotopic (exact) mass is 479 g/mol. The van der Waals surface area contributed by atoms with Crippen LogP contribution in [0.4, 0.5) is 18.9 Å². The molecule has 2 aromatic heterocycles. The van der Waals surface area contributed by atoms with Gasteiger partial charge in [0.1, 0.15) is 5.69 Å². The fourth-order valence-electron chi connectivity index (χ4n) is 4.37. The molecule has 0 bridgehead atoms. The van der Waals surface area contributed by atoms with Crippen LogP contribution in [0.5, 0.6) is 0 Å². The Hall–Kier alpha value is -3.90. The topological polar surface area (TPSA) is 132 Å². The van der Waals surface area contributed by atoms with E-state index >= 15 is 0 Å². The van der Waals surface area contributed by atoms with Crippen LogP contribution < -0.4 is 16.4 Å². The molecule has 10 nitrogen and oxygen atoms in total. The molecule has 0 saturated heterocycles. The molecule has 1 aromatic carbocycles. The third-order valence-electron chi connectivity index (χ3n) is 5.93. The fourth-order valence-corrected chi connectivity index (χ4v) is 4.37. The molecule has 34 heavy (non-hydrogen) atoms. The van der Waals surface area contributed by atoms with Gasteiger partial charge in [0.05, 0.1) is 22.5 Å². The lowest BCUT2D eigenvalue weighted by Gasteiger charge is -2.25. The molecule has 1 aliphatic rings. The van der Waals surface area contributed by atoms with Gasteiger partial charge in [-0.2, -0.15) is 13.2 Å². The van der Waals surface area contributed by atoms with Gasteiger partial charge in [-0.25, -0.2) is 0 Å². The summed E-state index contributed by atoms with van der Waals surface area (Å²) < 4.78 is 40.3. The summed E-state index contributed by atoms with van der Waals surface area (Å²) in [6.45, 7) is -0.540. The normalized spacial score (nSPS) is 14.9. The SMILES string of the molecule is O=C(NCc1cccn1-c1cc2c(cc1[N+](=O)[O-])[nH]c(=O)c(=O)n2C1CCCCC1)C(F)(F)F. The summed E-state index contributed by atoms with van der Waals surface area (Å²) in [5.74, 6) is -2.14. The number of benzene rings is 1. The molecule has 2 heterocycles. The predicted molar refractivity (Wildman–Crippen MR) is 115 cm³/mol. The first-order valence-electron chi connectivity index (χ1n) is 10.6. The number of hydrogen-bond donors (Lipinski definition) is 2. The average Bonchev–Trinajstić information content (AvgIpc) is 3.26. The number of nitrogens with zero attached hydrogens (tertiary/aromatic N) is 3. The summed E-state index contributed by atoms with van der Waals surface area (Å²) in [6.07, 6.45) is 0.398. The van der Waals surface area contributed by atoms with Crippen LogP contribution in [0.3, 0.4) is 0 Å². The van der Waals surface area contributed by atoms with E-state index in [-0.39, 0.29) is 28.5 Å². The van der Waals surface area contributed by atoms with Crippen LogP contribution in [0.15, 0.2) is 40.1 Å². The lowest BCUT2D eigenvalue weighted by Crippen LogP contribution is -2.39. The lowest BCUT2D eigenvalue weighted by atomic mass is 9.95. The molecular formula is C21H20F3N5O5. The highest BCUT2D eigenvalue weighted by molar-refractivity contribution is 5.83. The highest BCUT2D eigenvalue weighted by Crippen LogP contribution is 2.33. The Labute approximate surface area is 189 Å². The fraction of sp³-hybridized carbons (Fsp3) is 0.381. The lowest BCUT2D eigenvalue weighted by molar-refractivity contribution is -0.384. The summed E-state index contributed by atoms with van der Waals surface area (Å²) in [6, 6.07) is 5.11. The molecule has 4 rings (SSSR count). The Kier molecular flexibility index (Phi) is 6.02. The first kappa shape index (κ1) is 23.3. The number of hydrogen-bond acceptors (Lipinski definition) is 5. The largest absolute Gasteiger partial charge is 0.471 e. The van der Waals surface area contributed by atoms with Crippen molar-refractivity contribution in [2.75, 3.05) is 0 Å². The first-order chi connectivity index (χ1) is 16.1. The number of nitrogens with one attached hydrogen (secondary N) is 2. The number of fused-ring (bicyclic) bond motifs is 1. The minimum atomic E-state index is -5.08. The van der Waals surface area contributed by atoms with Gasteiger partial charge in [-0.1, -0.05) is 19.3 Å². The van der Waals surface area contributed by atoms with Gasteiger partial charge in [-0.15, -0.1) is 0 Å². The molecule has 0 spiro atoms. The van der Waals surface area contributed by atoms with E-state index in [1.807, 2.05) is 0 Å². The van der Waals surface area contributed by atoms with Crippen molar-refractivity contribution in [3.63, 3.8) is 0 Å². The number of carbonyl (C=O) groups excluding carboxylic acids is 1. The number of nitro benzene ring substituents is 1. The van der Waals surface area contributed by atoms with Gasteiger partial charge < -0.3 is 14.9 Å². The Morgan fingerprint density at radius 2 is 1.91 bits per heavy atom. The number of aromatic nitrogens is 3. The Balaban J connectivity index is 1.88. The van der Waals surface area contributed by atoms with Crippen LogP contribution in [-0.4, -0.2) is 31.1 Å². The van der Waals surface area contributed by atoms with Crippen molar-refractivity contribution in [2.45, 2.75) is 50.9 Å². The Bertz CT molecular complexity index is 1380. The number of nitro groups is 1. The van der Waals surface area contributed by atoms with Crippen molar-refractivity contribution >= 4 is 22.6 Å². The molecule has 0 radical (unpaired) electrons. The summed E-state index contributed by atoms with van der Waals surface area (Å²) in [7, 11) is 0. The number of aromatic amines is 1. The van der Waals surface area contributed by atoms with Gasteiger partial charge in [-0.05, 0) is 31.0 Å². The van der Waals surface area contributed by atoms with Crippen LogP contribution in [0.2, 0.25) is 0 Å². The number of halogens is 3. The predicted octanol–water partition coefficient (Wildman–Crippen LogP) is 3.07. The average molecular weight is 479 g/mol. The van der Waals surface area contributed by atoms with E-state index in [1.165, 1.54) is 33.5 Å². The molecule has 3 aromatic rings. The van der Waals surface area contributed by atoms with E-state index in [9.17, 15) is 37.7 Å². The number of carbonyl (C=O) groups is 1. The van der Waals surface area contributed by atoms with Crippen LogP contribution >= 0.6 is 0 Å². The molecule has 1 fully saturated rings. The molecule has 180 valence electrons. The van der Waals surface area contributed by atoms with Crippen molar-refractivity contribution in [2.24, 2.45) is 0 Å². The van der Waals surface area contributed by atoms with E-state index in [0.29, 0.717) is 12.8 Å². The van der Waals surface area contributed by atoms with Crippen molar-refractivity contribution in [1.29, 1.82) is 0 Å². The maximum atomic E-state index is 12.8. The van der Waals surface area contributed by atoms with E-state index in [2.05, 4.69) is 4.98 Å². The van der Waals surface area contributed by atoms with Crippen LogP contribution in [-0.2, 0) is 11.3 Å². The number of rotatable bonds is 5. The minimum absolute atomic E-state index is 0.0187. The van der Waals surface area contributed by atoms with Gasteiger partial charge in [-0.3, -0.25) is 29.1 Å². The molecule has 1 aliphatic carbocycles. The molecule has 1 amide bonds. The quantitative estimate of drug-likeness (QED) is 0.330.